The van der Waals surface area contributed by atoms with Gasteiger partial charge < -0.3 is 5.32 Å². The van der Waals surface area contributed by atoms with Crippen molar-refractivity contribution in [1.82, 2.24) is 10.3 Å². The first-order valence-electron chi connectivity index (χ1n) is 6.81. The molecule has 1 atom stereocenters. The van der Waals surface area contributed by atoms with Crippen LogP contribution in [0.3, 0.4) is 0 Å². The fourth-order valence-corrected chi connectivity index (χ4v) is 3.33. The van der Waals surface area contributed by atoms with E-state index >= 15 is 0 Å². The van der Waals surface area contributed by atoms with Gasteiger partial charge in [-0.05, 0) is 50.8 Å². The van der Waals surface area contributed by atoms with Gasteiger partial charge in [-0.3, -0.25) is 0 Å². The predicted octanol–water partition coefficient (Wildman–Crippen LogP) is 3.70. The Kier molecular flexibility index (Phi) is 5.11. The smallest absolute Gasteiger partial charge is 0.0797 e. The summed E-state index contributed by atoms with van der Waals surface area (Å²) >= 11 is 1.78. The number of likely N-dealkylation sites (N-methyl/N-ethyl adjacent to an activating group) is 1. The molecule has 2 rings (SSSR count). The normalized spacial score (nSPS) is 12.6. The van der Waals surface area contributed by atoms with Crippen LogP contribution in [-0.4, -0.2) is 18.6 Å². The maximum Gasteiger partial charge on any atom is 0.0797 e. The minimum atomic E-state index is 0.577. The molecule has 2 nitrogen and oxygen atoms in total. The number of aromatic nitrogens is 1. The quantitative estimate of drug-likeness (QED) is 0.869. The van der Waals surface area contributed by atoms with Crippen molar-refractivity contribution in [2.45, 2.75) is 32.6 Å². The van der Waals surface area contributed by atoms with Gasteiger partial charge in [0.1, 0.15) is 0 Å². The van der Waals surface area contributed by atoms with E-state index < -0.39 is 0 Å². The lowest BCUT2D eigenvalue weighted by atomic mass is 9.90. The maximum atomic E-state index is 4.33. The molecule has 0 spiro atoms. The highest BCUT2D eigenvalue weighted by Crippen LogP contribution is 2.26. The summed E-state index contributed by atoms with van der Waals surface area (Å²) in [5.74, 6) is 0.577. The molecule has 1 unspecified atom stereocenters. The first kappa shape index (κ1) is 14.2. The van der Waals surface area contributed by atoms with Gasteiger partial charge >= 0.3 is 0 Å². The van der Waals surface area contributed by atoms with Crippen LogP contribution in [0.4, 0.5) is 0 Å². The molecule has 0 saturated heterocycles. The summed E-state index contributed by atoms with van der Waals surface area (Å²) < 4.78 is 0. The maximum absolute atomic E-state index is 4.33. The molecule has 2 aromatic rings. The van der Waals surface area contributed by atoms with E-state index in [-0.39, 0.29) is 0 Å². The van der Waals surface area contributed by atoms with Crippen LogP contribution >= 0.6 is 11.3 Å². The van der Waals surface area contributed by atoms with Gasteiger partial charge in [-0.2, -0.15) is 0 Å². The molecule has 0 aliphatic heterocycles. The summed E-state index contributed by atoms with van der Waals surface area (Å²) in [7, 11) is 2.03. The fourth-order valence-electron chi connectivity index (χ4n) is 2.53. The van der Waals surface area contributed by atoms with Crippen LogP contribution < -0.4 is 5.32 Å². The Balaban J connectivity index is 2.09. The Morgan fingerprint density at radius 3 is 2.68 bits per heavy atom. The Labute approximate surface area is 119 Å². The summed E-state index contributed by atoms with van der Waals surface area (Å²) in [6.07, 6.45) is 2.30. The number of aryl methyl sites for hydroxylation is 3. The Morgan fingerprint density at radius 2 is 2.05 bits per heavy atom. The molecule has 1 heterocycles. The molecule has 1 aromatic heterocycles. The van der Waals surface area contributed by atoms with Crippen molar-refractivity contribution in [2.75, 3.05) is 13.6 Å². The fraction of sp³-hybridized carbons (Fsp3) is 0.438. The van der Waals surface area contributed by atoms with Crippen molar-refractivity contribution in [3.8, 4) is 0 Å². The number of nitrogens with one attached hydrogen (secondary N) is 1. The van der Waals surface area contributed by atoms with Crippen molar-refractivity contribution in [3.05, 3.63) is 51.5 Å². The largest absolute Gasteiger partial charge is 0.319 e. The molecule has 0 amide bonds. The molecule has 0 aliphatic carbocycles. The summed E-state index contributed by atoms with van der Waals surface area (Å²) in [6.45, 7) is 5.34. The number of hydrogen-bond acceptors (Lipinski definition) is 3. The minimum absolute atomic E-state index is 0.577. The Morgan fingerprint density at radius 1 is 1.26 bits per heavy atom. The molecule has 3 heteroatoms. The van der Waals surface area contributed by atoms with Gasteiger partial charge in [-0.1, -0.05) is 24.3 Å². The van der Waals surface area contributed by atoms with E-state index in [9.17, 15) is 0 Å². The molecule has 0 fully saturated rings. The highest BCUT2D eigenvalue weighted by Gasteiger charge is 2.14. The first-order chi connectivity index (χ1) is 9.22. The lowest BCUT2D eigenvalue weighted by molar-refractivity contribution is 0.583. The Bertz CT molecular complexity index is 519. The third-order valence-corrected chi connectivity index (χ3v) is 4.64. The second-order valence-corrected chi connectivity index (χ2v) is 5.95. The van der Waals surface area contributed by atoms with Gasteiger partial charge in [-0.25, -0.2) is 4.98 Å². The molecule has 1 aromatic carbocycles. The standard InChI is InChI=1S/C16H22N2S/c1-12-6-4-5-7-15(12)14(10-17-3)8-9-16-13(2)18-11-19-16/h4-7,11,14,17H,8-10H2,1-3H3. The van der Waals surface area contributed by atoms with Crippen LogP contribution in [0.2, 0.25) is 0 Å². The SMILES string of the molecule is CNCC(CCc1scnc1C)c1ccccc1C. The molecule has 19 heavy (non-hydrogen) atoms. The average molecular weight is 274 g/mol. The van der Waals surface area contributed by atoms with E-state index in [0.29, 0.717) is 5.92 Å². The molecular weight excluding hydrogens is 252 g/mol. The highest BCUT2D eigenvalue weighted by molar-refractivity contribution is 7.09. The molecule has 0 bridgehead atoms. The number of thiazole rings is 1. The minimum Gasteiger partial charge on any atom is -0.319 e. The van der Waals surface area contributed by atoms with Gasteiger partial charge in [0.15, 0.2) is 0 Å². The molecule has 102 valence electrons. The van der Waals surface area contributed by atoms with Gasteiger partial charge in [0.25, 0.3) is 0 Å². The molecule has 0 radical (unpaired) electrons. The second kappa shape index (κ2) is 6.83. The zero-order valence-electron chi connectivity index (χ0n) is 11.9. The van der Waals surface area contributed by atoms with E-state index in [2.05, 4.69) is 48.4 Å². The lowest BCUT2D eigenvalue weighted by Crippen LogP contribution is -2.18. The van der Waals surface area contributed by atoms with Crippen molar-refractivity contribution in [1.29, 1.82) is 0 Å². The first-order valence-corrected chi connectivity index (χ1v) is 7.69. The predicted molar refractivity (Wildman–Crippen MR) is 83.0 cm³/mol. The third kappa shape index (κ3) is 3.64. The molecule has 0 aliphatic rings. The van der Waals surface area contributed by atoms with E-state index in [1.807, 2.05) is 12.6 Å². The molecular formula is C16H22N2S. The van der Waals surface area contributed by atoms with Gasteiger partial charge in [0.2, 0.25) is 0 Å². The molecule has 0 saturated carbocycles. The Hall–Kier alpha value is -1.19. The van der Waals surface area contributed by atoms with E-state index in [4.69, 9.17) is 0 Å². The van der Waals surface area contributed by atoms with Gasteiger partial charge in [0, 0.05) is 11.4 Å². The third-order valence-electron chi connectivity index (χ3n) is 3.64. The van der Waals surface area contributed by atoms with Gasteiger partial charge in [-0.15, -0.1) is 11.3 Å². The number of hydrogen-bond donors (Lipinski definition) is 1. The van der Waals surface area contributed by atoms with Crippen LogP contribution in [-0.2, 0) is 6.42 Å². The van der Waals surface area contributed by atoms with Crippen LogP contribution in [0.5, 0.6) is 0 Å². The second-order valence-electron chi connectivity index (χ2n) is 5.01. The molecule has 1 N–H and O–H groups in total. The summed E-state index contributed by atoms with van der Waals surface area (Å²) in [5, 5.41) is 3.33. The number of nitrogens with zero attached hydrogens (tertiary/aromatic N) is 1. The van der Waals surface area contributed by atoms with E-state index in [0.717, 1.165) is 13.0 Å². The highest BCUT2D eigenvalue weighted by atomic mass is 32.1. The van der Waals surface area contributed by atoms with Crippen LogP contribution in [0.25, 0.3) is 0 Å². The van der Waals surface area contributed by atoms with Crippen molar-refractivity contribution in [3.63, 3.8) is 0 Å². The van der Waals surface area contributed by atoms with Crippen molar-refractivity contribution in [2.24, 2.45) is 0 Å². The van der Waals surface area contributed by atoms with Gasteiger partial charge in [0.05, 0.1) is 11.2 Å². The van der Waals surface area contributed by atoms with Crippen LogP contribution in [0.1, 0.15) is 34.0 Å². The monoisotopic (exact) mass is 274 g/mol. The zero-order chi connectivity index (χ0) is 13.7. The zero-order valence-corrected chi connectivity index (χ0v) is 12.8. The van der Waals surface area contributed by atoms with Crippen LogP contribution in [0.15, 0.2) is 29.8 Å². The van der Waals surface area contributed by atoms with E-state index in [1.165, 1.54) is 28.1 Å². The summed E-state index contributed by atoms with van der Waals surface area (Å²) in [6, 6.07) is 8.72. The van der Waals surface area contributed by atoms with E-state index in [1.54, 1.807) is 11.3 Å². The van der Waals surface area contributed by atoms with Crippen molar-refractivity contribution < 1.29 is 0 Å². The lowest BCUT2D eigenvalue weighted by Gasteiger charge is -2.19. The summed E-state index contributed by atoms with van der Waals surface area (Å²) in [4.78, 5) is 5.76. The average Bonchev–Trinajstić information content (AvgIpc) is 2.81. The number of rotatable bonds is 6. The topological polar surface area (TPSA) is 24.9 Å². The number of benzene rings is 1. The van der Waals surface area contributed by atoms with Crippen LogP contribution in [0, 0.1) is 13.8 Å². The summed E-state index contributed by atoms with van der Waals surface area (Å²) in [5.41, 5.74) is 6.01. The van der Waals surface area contributed by atoms with Crippen molar-refractivity contribution >= 4 is 11.3 Å².